The number of carbonyl (C=O) groups is 4. The molecule has 36 heavy (non-hydrogen) atoms. The molecule has 0 amide bonds. The van der Waals surface area contributed by atoms with Crippen molar-refractivity contribution >= 4 is 23.9 Å². The van der Waals surface area contributed by atoms with Crippen molar-refractivity contribution in [1.82, 2.24) is 14.8 Å². The van der Waals surface area contributed by atoms with Gasteiger partial charge in [-0.05, 0) is 30.5 Å². The average Bonchev–Trinajstić information content (AvgIpc) is 2.83. The van der Waals surface area contributed by atoms with E-state index < -0.39 is 30.0 Å². The number of rotatable bonds is 16. The third-order valence-electron chi connectivity index (χ3n) is 5.18. The average molecular weight is 512 g/mol. The van der Waals surface area contributed by atoms with Crippen LogP contribution in [-0.2, 0) is 57.6 Å². The van der Waals surface area contributed by atoms with Gasteiger partial charge in [-0.2, -0.15) is 0 Å². The molecule has 1 aromatic heterocycles. The van der Waals surface area contributed by atoms with Gasteiger partial charge in [0.1, 0.15) is 0 Å². The molecule has 0 aromatic carbocycles. The number of hydrogen-bond donors (Lipinski definition) is 1. The van der Waals surface area contributed by atoms with Gasteiger partial charge in [0.2, 0.25) is 0 Å². The lowest BCUT2D eigenvalue weighted by Gasteiger charge is -2.22. The molecule has 1 heterocycles. The molecule has 0 bridgehead atoms. The fourth-order valence-corrected chi connectivity index (χ4v) is 3.49. The lowest BCUT2D eigenvalue weighted by Crippen LogP contribution is -2.36. The van der Waals surface area contributed by atoms with E-state index in [1.54, 1.807) is 12.1 Å². The quantitative estimate of drug-likeness (QED) is 0.237. The molecule has 202 valence electrons. The highest BCUT2D eigenvalue weighted by atomic mass is 16.5. The zero-order chi connectivity index (χ0) is 27.1. The van der Waals surface area contributed by atoms with Crippen molar-refractivity contribution in [2.45, 2.75) is 45.4 Å². The van der Waals surface area contributed by atoms with Crippen LogP contribution >= 0.6 is 0 Å². The van der Waals surface area contributed by atoms with E-state index in [1.165, 1.54) is 38.2 Å². The maximum atomic E-state index is 11.9. The van der Waals surface area contributed by atoms with Crippen LogP contribution in [-0.4, -0.2) is 104 Å². The molecule has 1 unspecified atom stereocenters. The van der Waals surface area contributed by atoms with Gasteiger partial charge < -0.3 is 24.1 Å². The lowest BCUT2D eigenvalue weighted by atomic mass is 10.0. The first-order valence-corrected chi connectivity index (χ1v) is 11.5. The third-order valence-corrected chi connectivity index (χ3v) is 5.18. The highest BCUT2D eigenvalue weighted by molar-refractivity contribution is 5.75. The molecular weight excluding hydrogens is 474 g/mol. The second kappa shape index (κ2) is 16.6. The van der Waals surface area contributed by atoms with E-state index in [0.29, 0.717) is 24.2 Å². The largest absolute Gasteiger partial charge is 0.468 e. The zero-order valence-electron chi connectivity index (χ0n) is 21.7. The standard InChI is InChI=1S/C24H37N3O9/c1-6-7-20(28)10-17-8-18(11-26(13-21(29)33-2)14-22(30)34-3)25-19(9-17)12-27(15-23(31)35-4)16-24(32)36-5/h8-9,20,28H,6-7,10-16H2,1-5H3. The number of esters is 4. The van der Waals surface area contributed by atoms with E-state index in [-0.39, 0.29) is 39.3 Å². The van der Waals surface area contributed by atoms with Crippen molar-refractivity contribution in [1.29, 1.82) is 0 Å². The Morgan fingerprint density at radius 3 is 1.44 bits per heavy atom. The molecule has 0 saturated carbocycles. The molecular formula is C24H37N3O9. The van der Waals surface area contributed by atoms with E-state index in [9.17, 15) is 24.3 Å². The van der Waals surface area contributed by atoms with Crippen LogP contribution in [0.5, 0.6) is 0 Å². The molecule has 1 atom stereocenters. The first-order valence-electron chi connectivity index (χ1n) is 11.5. The van der Waals surface area contributed by atoms with Crippen LogP contribution in [0.3, 0.4) is 0 Å². The Morgan fingerprint density at radius 2 is 1.14 bits per heavy atom. The van der Waals surface area contributed by atoms with Crippen LogP contribution in [0.25, 0.3) is 0 Å². The summed E-state index contributed by atoms with van der Waals surface area (Å²) in [5, 5.41) is 10.4. The van der Waals surface area contributed by atoms with E-state index in [2.05, 4.69) is 4.98 Å². The number of nitrogens with zero attached hydrogens (tertiary/aromatic N) is 3. The first-order chi connectivity index (χ1) is 17.1. The summed E-state index contributed by atoms with van der Waals surface area (Å²) in [6.07, 6.45) is 1.21. The summed E-state index contributed by atoms with van der Waals surface area (Å²) in [5.74, 6) is -2.13. The number of hydrogen-bond acceptors (Lipinski definition) is 12. The van der Waals surface area contributed by atoms with Crippen molar-refractivity contribution in [3.8, 4) is 0 Å². The van der Waals surface area contributed by atoms with E-state index in [4.69, 9.17) is 18.9 Å². The Hall–Kier alpha value is -3.09. The maximum Gasteiger partial charge on any atom is 0.319 e. The molecule has 1 N–H and O–H groups in total. The molecule has 0 radical (unpaired) electrons. The predicted octanol–water partition coefficient (Wildman–Crippen LogP) is 0.0811. The molecule has 12 nitrogen and oxygen atoms in total. The second-order valence-electron chi connectivity index (χ2n) is 8.20. The van der Waals surface area contributed by atoms with Crippen LogP contribution in [0.4, 0.5) is 0 Å². The lowest BCUT2D eigenvalue weighted by molar-refractivity contribution is -0.147. The van der Waals surface area contributed by atoms with Gasteiger partial charge in [0, 0.05) is 13.1 Å². The summed E-state index contributed by atoms with van der Waals surface area (Å²) in [6.45, 7) is 1.54. The Kier molecular flexibility index (Phi) is 14.2. The van der Waals surface area contributed by atoms with Gasteiger partial charge in [-0.15, -0.1) is 0 Å². The summed E-state index contributed by atoms with van der Waals surface area (Å²) in [4.78, 5) is 55.2. The van der Waals surface area contributed by atoms with Crippen LogP contribution in [0.2, 0.25) is 0 Å². The monoisotopic (exact) mass is 511 g/mol. The minimum atomic E-state index is -0.569. The molecule has 0 fully saturated rings. The van der Waals surface area contributed by atoms with Crippen molar-refractivity contribution in [3.05, 3.63) is 29.1 Å². The number of aliphatic hydroxyl groups excluding tert-OH is 1. The summed E-state index contributed by atoms with van der Waals surface area (Å²) in [5.41, 5.74) is 1.83. The number of aliphatic hydroxyl groups is 1. The van der Waals surface area contributed by atoms with Crippen molar-refractivity contribution < 1.29 is 43.2 Å². The Morgan fingerprint density at radius 1 is 0.778 bits per heavy atom. The highest BCUT2D eigenvalue weighted by Gasteiger charge is 2.20. The van der Waals surface area contributed by atoms with Gasteiger partial charge in [-0.1, -0.05) is 13.3 Å². The normalized spacial score (nSPS) is 11.8. The van der Waals surface area contributed by atoms with Crippen LogP contribution in [0.15, 0.2) is 12.1 Å². The van der Waals surface area contributed by atoms with Gasteiger partial charge in [-0.25, -0.2) is 0 Å². The van der Waals surface area contributed by atoms with Crippen LogP contribution in [0, 0.1) is 0 Å². The Labute approximate surface area is 211 Å². The van der Waals surface area contributed by atoms with Gasteiger partial charge >= 0.3 is 23.9 Å². The first kappa shape index (κ1) is 30.9. The number of ether oxygens (including phenoxy) is 4. The van der Waals surface area contributed by atoms with E-state index in [1.807, 2.05) is 6.92 Å². The number of carbonyl (C=O) groups excluding carboxylic acids is 4. The highest BCUT2D eigenvalue weighted by Crippen LogP contribution is 2.15. The van der Waals surface area contributed by atoms with Gasteiger partial charge in [0.15, 0.2) is 0 Å². The van der Waals surface area contributed by atoms with Gasteiger partial charge in [0.25, 0.3) is 0 Å². The Bertz CT molecular complexity index is 782. The summed E-state index contributed by atoms with van der Waals surface area (Å²) < 4.78 is 18.9. The smallest absolute Gasteiger partial charge is 0.319 e. The van der Waals surface area contributed by atoms with Crippen LogP contribution in [0.1, 0.15) is 36.7 Å². The fourth-order valence-electron chi connectivity index (χ4n) is 3.49. The zero-order valence-corrected chi connectivity index (χ0v) is 21.7. The molecule has 0 spiro atoms. The summed E-state index contributed by atoms with van der Waals surface area (Å²) >= 11 is 0. The minimum absolute atomic E-state index is 0.114. The molecule has 0 saturated heterocycles. The molecule has 1 rings (SSSR count). The van der Waals surface area contributed by atoms with E-state index in [0.717, 1.165) is 12.0 Å². The molecule has 1 aromatic rings. The van der Waals surface area contributed by atoms with Gasteiger partial charge in [0.05, 0.1) is 72.1 Å². The summed E-state index contributed by atoms with van der Waals surface area (Å²) in [7, 11) is 5.01. The third kappa shape index (κ3) is 12.0. The SMILES string of the molecule is CCCC(O)Cc1cc(CN(CC(=O)OC)CC(=O)OC)nc(CN(CC(=O)OC)CC(=O)OC)c1. The number of pyridine rings is 1. The van der Waals surface area contributed by atoms with Crippen LogP contribution < -0.4 is 0 Å². The topological polar surface area (TPSA) is 145 Å². The fraction of sp³-hybridized carbons (Fsp3) is 0.625. The summed E-state index contributed by atoms with van der Waals surface area (Å²) in [6, 6.07) is 3.57. The van der Waals surface area contributed by atoms with Crippen molar-refractivity contribution in [2.24, 2.45) is 0 Å². The molecule has 12 heteroatoms. The Balaban J connectivity index is 3.30. The second-order valence-corrected chi connectivity index (χ2v) is 8.20. The molecule has 0 aliphatic heterocycles. The predicted molar refractivity (Wildman–Crippen MR) is 127 cm³/mol. The number of methoxy groups -OCH3 is 4. The van der Waals surface area contributed by atoms with E-state index >= 15 is 0 Å². The van der Waals surface area contributed by atoms with Crippen molar-refractivity contribution in [3.63, 3.8) is 0 Å². The van der Waals surface area contributed by atoms with Gasteiger partial charge in [-0.3, -0.25) is 34.0 Å². The minimum Gasteiger partial charge on any atom is -0.468 e. The molecule has 0 aliphatic rings. The molecule has 0 aliphatic carbocycles. The number of aromatic nitrogens is 1. The van der Waals surface area contributed by atoms with Crippen molar-refractivity contribution in [2.75, 3.05) is 54.6 Å². The maximum absolute atomic E-state index is 11.9.